The lowest BCUT2D eigenvalue weighted by Gasteiger charge is -2.48. The van der Waals surface area contributed by atoms with E-state index in [-0.39, 0.29) is 0 Å². The van der Waals surface area contributed by atoms with Crippen molar-refractivity contribution in [2.45, 2.75) is 433 Å². The summed E-state index contributed by atoms with van der Waals surface area (Å²) in [6.45, 7) is 77.8. The van der Waals surface area contributed by atoms with Crippen LogP contribution < -0.4 is 16.0 Å². The van der Waals surface area contributed by atoms with Gasteiger partial charge in [-0.3, -0.25) is 4.21 Å². The minimum Gasteiger partial charge on any atom is -0.381 e. The van der Waals surface area contributed by atoms with Gasteiger partial charge >= 0.3 is 0 Å². The Balaban J connectivity index is -0.000000370. The van der Waals surface area contributed by atoms with Crippen LogP contribution in [0.1, 0.15) is 427 Å². The smallest absolute Gasteiger partial charge is 0.0544 e. The summed E-state index contributed by atoms with van der Waals surface area (Å²) in [5.41, 5.74) is 10.3. The molecule has 3 N–H and O–H groups in total. The molecule has 5 aliphatic carbocycles. The molecular formula is C106H207N3O4S. The Bertz CT molecular complexity index is 2220. The SMILES string of the molecule is C1CC2(C1)COC2.C1CCC1.C1CCC2(CC1)COC2.C1CCCCC1.C1CCCCC1.C1COC1.C=S1(=O)CCCCC1.CC(C)C.CC(C)C.CC(C)C.CC(C)C.CC(C)C.CC(C)C.CC(C)C.CC(C)C.CC(C)C.CC(C)C.c1ccc2c(c1)CCCNC2.c1ccc2c(c1)CCNC2.c1ccc2c(c1)CNC2. The molecule has 3 aromatic rings. The molecule has 4 saturated heterocycles. The fourth-order valence-corrected chi connectivity index (χ4v) is 12.8. The van der Waals surface area contributed by atoms with E-state index in [4.69, 9.17) is 14.2 Å². The van der Waals surface area contributed by atoms with Crippen molar-refractivity contribution in [1.29, 1.82) is 0 Å². The summed E-state index contributed by atoms with van der Waals surface area (Å²) in [5.74, 6) is 13.7. The topological polar surface area (TPSA) is 80.9 Å². The molecule has 8 heteroatoms. The number of fused-ring (bicyclic) bond motifs is 3. The summed E-state index contributed by atoms with van der Waals surface area (Å²) in [4.78, 5) is 0. The molecule has 3 aromatic carbocycles. The zero-order chi connectivity index (χ0) is 87.3. The highest BCUT2D eigenvalue weighted by atomic mass is 32.2. The third kappa shape index (κ3) is 96.6. The highest BCUT2D eigenvalue weighted by molar-refractivity contribution is 8.00. The molecule has 0 unspecified atom stereocenters. The van der Waals surface area contributed by atoms with Crippen LogP contribution in [-0.4, -0.2) is 74.3 Å². The Morgan fingerprint density at radius 1 is 0.263 bits per heavy atom. The largest absolute Gasteiger partial charge is 0.381 e. The van der Waals surface area contributed by atoms with Crippen LogP contribution in [0, 0.1) is 70.0 Å². The first kappa shape index (κ1) is 120. The minimum absolute atomic E-state index is 0.679. The van der Waals surface area contributed by atoms with Gasteiger partial charge < -0.3 is 30.2 Å². The van der Waals surface area contributed by atoms with Gasteiger partial charge in [0.2, 0.25) is 0 Å². The molecule has 0 amide bonds. The molecule has 7 heterocycles. The standard InChI is InChI=1S/C10H13N.C9H11N.C8H9N.C8H14O.C6H12OS.C6H10O.2C6H12.C4H8.10C4H10.C3H6O/c1-2-5-10-8-11-7-3-6-9(10)4-1;1-2-4-9-7-10-6-5-8(9)3-1;1-2-4-8-6-9-5-7(8)3-1;1-2-4-8(5-3-1)6-9-7-8;1-8(7)5-3-2-4-6-8;1-2-6(3-1)4-7-5-6;2*1-2-4-6-5-3-1;1-2-4-3-1;10*1-4(2)3;1-2-4-3-1/h1-2,4-5,11H,3,6-8H2;1-4,10H,5-7H2;1-4,9H,5-6H2;1-7H2;1-6H2;1-5H2;2*1-6H2;1-4H2;10*4H,1-3H3;1-3H2. The van der Waals surface area contributed by atoms with Crippen LogP contribution in [0.3, 0.4) is 0 Å². The van der Waals surface area contributed by atoms with Crippen molar-refractivity contribution in [3.05, 3.63) is 106 Å². The zero-order valence-corrected chi connectivity index (χ0v) is 83.6. The molecule has 2 spiro atoms. The van der Waals surface area contributed by atoms with Gasteiger partial charge in [-0.2, -0.15) is 0 Å². The summed E-state index contributed by atoms with van der Waals surface area (Å²) < 4.78 is 26.1. The van der Waals surface area contributed by atoms with Gasteiger partial charge in [0.25, 0.3) is 0 Å². The average Bonchev–Trinajstić information content (AvgIpc) is 0.843. The molecule has 5 saturated carbocycles. The third-order valence-corrected chi connectivity index (χ3v) is 19.1. The normalized spacial score (nSPS) is 18.2. The Morgan fingerprint density at radius 3 is 0.658 bits per heavy atom. The fraction of sp³-hybridized carbons (Fsp3) is 0.821. The lowest BCUT2D eigenvalue weighted by atomic mass is 9.67. The predicted molar refractivity (Wildman–Crippen MR) is 522 cm³/mol. The van der Waals surface area contributed by atoms with E-state index in [0.29, 0.717) is 5.41 Å². The van der Waals surface area contributed by atoms with Crippen LogP contribution in [-0.2, 0) is 62.8 Å². The van der Waals surface area contributed by atoms with Crippen molar-refractivity contribution in [3.63, 3.8) is 0 Å². The van der Waals surface area contributed by atoms with Crippen molar-refractivity contribution >= 4 is 15.4 Å². The molecule has 12 aliphatic rings. The predicted octanol–water partition coefficient (Wildman–Crippen LogP) is 31.7. The van der Waals surface area contributed by atoms with Crippen LogP contribution in [0.4, 0.5) is 0 Å². The first-order valence-corrected chi connectivity index (χ1v) is 50.2. The van der Waals surface area contributed by atoms with E-state index in [1.165, 1.54) is 220 Å². The molecule has 15 rings (SSSR count). The van der Waals surface area contributed by atoms with Crippen LogP contribution >= 0.6 is 0 Å². The second-order valence-corrected chi connectivity index (χ2v) is 43.6. The second kappa shape index (κ2) is 82.7. The third-order valence-electron chi connectivity index (χ3n) is 17.1. The monoisotopic (exact) mass is 1620 g/mol. The van der Waals surface area contributed by atoms with Crippen molar-refractivity contribution in [3.8, 4) is 0 Å². The second-order valence-electron chi connectivity index (χ2n) is 40.9. The number of hydrogen-bond donors (Lipinski definition) is 3. The summed E-state index contributed by atoms with van der Waals surface area (Å²) >= 11 is 0. The van der Waals surface area contributed by atoms with E-state index < -0.39 is 9.52 Å². The molecule has 0 bridgehead atoms. The first-order chi connectivity index (χ1) is 53.8. The average molecular weight is 1620 g/mol. The molecule has 7 nitrogen and oxygen atoms in total. The van der Waals surface area contributed by atoms with Gasteiger partial charge in [-0.25, -0.2) is 0 Å². The van der Waals surface area contributed by atoms with Gasteiger partial charge in [0.15, 0.2) is 0 Å². The quantitative estimate of drug-likeness (QED) is 0.194. The summed E-state index contributed by atoms with van der Waals surface area (Å²) in [6.07, 6.45) is 44.0. The molecule has 9 fully saturated rings. The maximum atomic E-state index is 11.1. The van der Waals surface area contributed by atoms with Crippen molar-refractivity contribution in [2.75, 3.05) is 64.2 Å². The number of ether oxygens (including phenoxy) is 3. The van der Waals surface area contributed by atoms with Crippen LogP contribution in [0.25, 0.3) is 0 Å². The molecule has 7 aliphatic heterocycles. The van der Waals surface area contributed by atoms with Gasteiger partial charge in [-0.1, -0.05) is 415 Å². The Morgan fingerprint density at radius 2 is 0.465 bits per heavy atom. The Hall–Kier alpha value is -2.56. The zero-order valence-electron chi connectivity index (χ0n) is 82.8. The van der Waals surface area contributed by atoms with E-state index in [1.807, 2.05) is 0 Å². The van der Waals surface area contributed by atoms with Gasteiger partial charge in [-0.15, -0.1) is 0 Å². The van der Waals surface area contributed by atoms with Gasteiger partial charge in [0, 0.05) is 61.7 Å². The molecule has 0 atom stereocenters. The van der Waals surface area contributed by atoms with Gasteiger partial charge in [0.05, 0.1) is 26.4 Å². The number of nitrogens with one attached hydrogen (secondary N) is 3. The van der Waals surface area contributed by atoms with Gasteiger partial charge in [-0.05, 0) is 185 Å². The van der Waals surface area contributed by atoms with E-state index in [0.717, 1.165) is 168 Å². The number of benzene rings is 3. The fourth-order valence-electron chi connectivity index (χ4n) is 11.1. The highest BCUT2D eigenvalue weighted by Crippen LogP contribution is 2.46. The van der Waals surface area contributed by atoms with Crippen LogP contribution in [0.15, 0.2) is 72.8 Å². The van der Waals surface area contributed by atoms with Gasteiger partial charge in [0.1, 0.15) is 0 Å². The summed E-state index contributed by atoms with van der Waals surface area (Å²) in [7, 11) is -1.58. The number of rotatable bonds is 0. The van der Waals surface area contributed by atoms with E-state index in [9.17, 15) is 4.21 Å². The lowest BCUT2D eigenvalue weighted by Crippen LogP contribution is -2.47. The minimum atomic E-state index is -1.58. The van der Waals surface area contributed by atoms with E-state index in [2.05, 4.69) is 302 Å². The van der Waals surface area contributed by atoms with Crippen molar-refractivity contribution in [2.24, 2.45) is 70.0 Å². The Kier molecular flexibility index (Phi) is 87.1. The van der Waals surface area contributed by atoms with Crippen molar-refractivity contribution in [1.82, 2.24) is 16.0 Å². The summed E-state index contributed by atoms with van der Waals surface area (Å²) in [6, 6.07) is 25.9. The molecule has 0 radical (unpaired) electrons. The van der Waals surface area contributed by atoms with E-state index in [1.54, 1.807) is 0 Å². The highest BCUT2D eigenvalue weighted by Gasteiger charge is 2.43. The molecule has 0 aromatic heterocycles. The number of hydrogen-bond acceptors (Lipinski definition) is 7. The maximum absolute atomic E-state index is 11.1. The molecule has 676 valence electrons. The number of aryl methyl sites for hydroxylation is 1. The summed E-state index contributed by atoms with van der Waals surface area (Å²) in [5, 5.41) is 10.0. The maximum Gasteiger partial charge on any atom is 0.0544 e. The van der Waals surface area contributed by atoms with Crippen molar-refractivity contribution < 1.29 is 18.4 Å². The van der Waals surface area contributed by atoms with Crippen LogP contribution in [0.5, 0.6) is 0 Å². The molecular weight excluding hydrogens is 1410 g/mol. The van der Waals surface area contributed by atoms with Crippen LogP contribution in [0.2, 0.25) is 0 Å². The van der Waals surface area contributed by atoms with E-state index >= 15 is 0 Å². The molecule has 114 heavy (non-hydrogen) atoms. The first-order valence-electron chi connectivity index (χ1n) is 48.1. The lowest BCUT2D eigenvalue weighted by molar-refractivity contribution is -0.155. The Labute approximate surface area is 718 Å².